The van der Waals surface area contributed by atoms with Crippen LogP contribution >= 0.6 is 11.8 Å². The van der Waals surface area contributed by atoms with Gasteiger partial charge in [0.25, 0.3) is 0 Å². The molecule has 2 aromatic carbocycles. The number of hydrogen-bond acceptors (Lipinski definition) is 5. The van der Waals surface area contributed by atoms with Crippen molar-refractivity contribution in [1.82, 2.24) is 10.2 Å². The molecule has 1 fully saturated rings. The fourth-order valence-electron chi connectivity index (χ4n) is 3.69. The fourth-order valence-corrected chi connectivity index (χ4v) is 4.90. The number of thioether (sulfide) groups is 1. The first-order valence-corrected chi connectivity index (χ1v) is 11.3. The number of nitrogens with zero attached hydrogens (tertiary/aromatic N) is 1. The molecule has 1 aliphatic rings. The standard InChI is InChI=1S/C23H26N2O5S/c26-21(27)13-25-20(17-9-5-2-6-10-17)15-31-14-19(22(25)28)24-18(23(29)30)12-11-16-7-3-1-4-8-16/h1-10,18-20,24H,11-15H2,(H,26,27)(H,29,30)/t18-,19+,20+/m1/s1. The van der Waals surface area contributed by atoms with Gasteiger partial charge in [0.1, 0.15) is 12.6 Å². The predicted molar refractivity (Wildman–Crippen MR) is 119 cm³/mol. The maximum Gasteiger partial charge on any atom is 0.323 e. The summed E-state index contributed by atoms with van der Waals surface area (Å²) in [6.45, 7) is -0.432. The van der Waals surface area contributed by atoms with Gasteiger partial charge in [0.05, 0.1) is 12.1 Å². The number of aliphatic carboxylic acids is 2. The van der Waals surface area contributed by atoms with Gasteiger partial charge >= 0.3 is 11.9 Å². The van der Waals surface area contributed by atoms with Crippen molar-refractivity contribution in [3.8, 4) is 0 Å². The van der Waals surface area contributed by atoms with Crippen molar-refractivity contribution >= 4 is 29.6 Å². The second-order valence-electron chi connectivity index (χ2n) is 7.46. The minimum Gasteiger partial charge on any atom is -0.480 e. The number of aryl methyl sites for hydroxylation is 1. The summed E-state index contributed by atoms with van der Waals surface area (Å²) >= 11 is 1.52. The van der Waals surface area contributed by atoms with Crippen molar-refractivity contribution in [3.05, 3.63) is 71.8 Å². The Balaban J connectivity index is 1.75. The number of carbonyl (C=O) groups is 3. The van der Waals surface area contributed by atoms with Gasteiger partial charge in [-0.05, 0) is 24.0 Å². The van der Waals surface area contributed by atoms with Gasteiger partial charge in [-0.2, -0.15) is 11.8 Å². The van der Waals surface area contributed by atoms with Gasteiger partial charge in [0, 0.05) is 11.5 Å². The normalized spacial score (nSPS) is 20.1. The molecule has 0 unspecified atom stereocenters. The number of amides is 1. The molecule has 0 radical (unpaired) electrons. The molecule has 0 saturated carbocycles. The molecular weight excluding hydrogens is 416 g/mol. The zero-order chi connectivity index (χ0) is 22.2. The van der Waals surface area contributed by atoms with E-state index in [-0.39, 0.29) is 11.9 Å². The highest BCUT2D eigenvalue weighted by molar-refractivity contribution is 7.99. The lowest BCUT2D eigenvalue weighted by molar-refractivity contribution is -0.147. The first-order chi connectivity index (χ1) is 15.0. The zero-order valence-corrected chi connectivity index (χ0v) is 17.8. The molecule has 0 spiro atoms. The molecule has 3 N–H and O–H groups in total. The highest BCUT2D eigenvalue weighted by Gasteiger charge is 2.37. The van der Waals surface area contributed by atoms with E-state index in [2.05, 4.69) is 5.32 Å². The smallest absolute Gasteiger partial charge is 0.323 e. The van der Waals surface area contributed by atoms with E-state index in [1.165, 1.54) is 16.7 Å². The summed E-state index contributed by atoms with van der Waals surface area (Å²) < 4.78 is 0. The summed E-state index contributed by atoms with van der Waals surface area (Å²) in [6.07, 6.45) is 0.888. The van der Waals surface area contributed by atoms with E-state index in [1.807, 2.05) is 60.7 Å². The van der Waals surface area contributed by atoms with Crippen LogP contribution in [-0.4, -0.2) is 63.1 Å². The Morgan fingerprint density at radius 3 is 2.29 bits per heavy atom. The minimum atomic E-state index is -1.10. The van der Waals surface area contributed by atoms with Gasteiger partial charge in [-0.15, -0.1) is 0 Å². The van der Waals surface area contributed by atoms with Crippen molar-refractivity contribution in [1.29, 1.82) is 0 Å². The number of hydrogen-bond donors (Lipinski definition) is 3. The SMILES string of the molecule is O=C(O)CN1C(=O)[C@@H](N[C@H](CCc2ccccc2)C(=O)O)CSC[C@H]1c1ccccc1. The summed E-state index contributed by atoms with van der Waals surface area (Å²) in [5.41, 5.74) is 1.89. The Bertz CT molecular complexity index is 893. The lowest BCUT2D eigenvalue weighted by Gasteiger charge is -2.31. The molecule has 0 aromatic heterocycles. The summed E-state index contributed by atoms with van der Waals surface area (Å²) in [7, 11) is 0. The summed E-state index contributed by atoms with van der Waals surface area (Å²) in [6, 6.07) is 16.8. The van der Waals surface area contributed by atoms with Crippen LogP contribution in [0, 0.1) is 0 Å². The van der Waals surface area contributed by atoms with Crippen molar-refractivity contribution in [2.75, 3.05) is 18.1 Å². The van der Waals surface area contributed by atoms with Gasteiger partial charge in [-0.3, -0.25) is 19.7 Å². The van der Waals surface area contributed by atoms with Crippen molar-refractivity contribution in [2.45, 2.75) is 31.0 Å². The molecule has 8 heteroatoms. The van der Waals surface area contributed by atoms with Gasteiger partial charge in [0.15, 0.2) is 0 Å². The Labute approximate surface area is 185 Å². The average Bonchev–Trinajstić information content (AvgIpc) is 2.91. The van der Waals surface area contributed by atoms with E-state index in [4.69, 9.17) is 0 Å². The average molecular weight is 443 g/mol. The number of nitrogens with one attached hydrogen (secondary N) is 1. The van der Waals surface area contributed by atoms with Crippen LogP contribution in [0.15, 0.2) is 60.7 Å². The topological polar surface area (TPSA) is 107 Å². The number of carboxylic acids is 2. The summed E-state index contributed by atoms with van der Waals surface area (Å²) in [5.74, 6) is -1.58. The number of rotatable bonds is 9. The first-order valence-electron chi connectivity index (χ1n) is 10.1. The van der Waals surface area contributed by atoms with Crippen LogP contribution < -0.4 is 5.32 Å². The second-order valence-corrected chi connectivity index (χ2v) is 8.53. The van der Waals surface area contributed by atoms with Crippen LogP contribution in [0.3, 0.4) is 0 Å². The molecule has 1 heterocycles. The molecular formula is C23H26N2O5S. The van der Waals surface area contributed by atoms with Crippen molar-refractivity contribution in [2.24, 2.45) is 0 Å². The highest BCUT2D eigenvalue weighted by atomic mass is 32.2. The Hall–Kier alpha value is -2.84. The molecule has 0 bridgehead atoms. The highest BCUT2D eigenvalue weighted by Crippen LogP contribution is 2.29. The summed E-state index contributed by atoms with van der Waals surface area (Å²) in [5, 5.41) is 22.1. The monoisotopic (exact) mass is 442 g/mol. The summed E-state index contributed by atoms with van der Waals surface area (Å²) in [4.78, 5) is 38.0. The third-order valence-corrected chi connectivity index (χ3v) is 6.39. The molecule has 3 rings (SSSR count). The van der Waals surface area contributed by atoms with Gasteiger partial charge < -0.3 is 15.1 Å². The number of benzene rings is 2. The first kappa shape index (κ1) is 22.8. The molecule has 0 aliphatic carbocycles. The predicted octanol–water partition coefficient (Wildman–Crippen LogP) is 2.43. The minimum absolute atomic E-state index is 0.328. The quantitative estimate of drug-likeness (QED) is 0.548. The number of carbonyl (C=O) groups excluding carboxylic acids is 1. The molecule has 3 atom stereocenters. The van der Waals surface area contributed by atoms with Crippen LogP contribution in [0.25, 0.3) is 0 Å². The third-order valence-electron chi connectivity index (χ3n) is 5.27. The largest absolute Gasteiger partial charge is 0.480 e. The van der Waals surface area contributed by atoms with Crippen molar-refractivity contribution in [3.63, 3.8) is 0 Å². The lowest BCUT2D eigenvalue weighted by Crippen LogP contribution is -2.53. The Kier molecular flexibility index (Phi) is 8.08. The van der Waals surface area contributed by atoms with Crippen LogP contribution in [0.1, 0.15) is 23.6 Å². The van der Waals surface area contributed by atoms with Gasteiger partial charge in [-0.1, -0.05) is 60.7 Å². The van der Waals surface area contributed by atoms with Gasteiger partial charge in [0.2, 0.25) is 5.91 Å². The molecule has 1 aliphatic heterocycles. The van der Waals surface area contributed by atoms with Crippen LogP contribution in [0.5, 0.6) is 0 Å². The lowest BCUT2D eigenvalue weighted by atomic mass is 10.0. The van der Waals surface area contributed by atoms with E-state index in [0.717, 1.165) is 11.1 Å². The van der Waals surface area contributed by atoms with Crippen LogP contribution in [-0.2, 0) is 20.8 Å². The Morgan fingerprint density at radius 1 is 1.03 bits per heavy atom. The van der Waals surface area contributed by atoms with E-state index < -0.39 is 30.6 Å². The fraction of sp³-hybridized carbons (Fsp3) is 0.348. The van der Waals surface area contributed by atoms with E-state index in [1.54, 1.807) is 0 Å². The molecule has 7 nitrogen and oxygen atoms in total. The molecule has 31 heavy (non-hydrogen) atoms. The Morgan fingerprint density at radius 2 is 1.68 bits per heavy atom. The van der Waals surface area contributed by atoms with Crippen LogP contribution in [0.4, 0.5) is 0 Å². The molecule has 1 saturated heterocycles. The third kappa shape index (κ3) is 6.32. The van der Waals surface area contributed by atoms with Gasteiger partial charge in [-0.25, -0.2) is 0 Å². The molecule has 1 amide bonds. The van der Waals surface area contributed by atoms with Crippen molar-refractivity contribution < 1.29 is 24.6 Å². The zero-order valence-electron chi connectivity index (χ0n) is 17.0. The second kappa shape index (κ2) is 11.0. The van der Waals surface area contributed by atoms with E-state index >= 15 is 0 Å². The molecule has 164 valence electrons. The number of carboxylic acid groups (broad SMARTS) is 2. The van der Waals surface area contributed by atoms with E-state index in [9.17, 15) is 24.6 Å². The molecule has 2 aromatic rings. The maximum atomic E-state index is 13.3. The maximum absolute atomic E-state index is 13.3. The van der Waals surface area contributed by atoms with E-state index in [0.29, 0.717) is 24.3 Å². The van der Waals surface area contributed by atoms with Crippen LogP contribution in [0.2, 0.25) is 0 Å².